The topological polar surface area (TPSA) is 138 Å². The van der Waals surface area contributed by atoms with Crippen molar-refractivity contribution >= 4 is 45.0 Å². The van der Waals surface area contributed by atoms with E-state index in [1.807, 2.05) is 6.07 Å². The Morgan fingerprint density at radius 2 is 1.92 bits per heavy atom. The Bertz CT molecular complexity index is 1410. The van der Waals surface area contributed by atoms with Crippen molar-refractivity contribution in [2.75, 3.05) is 22.7 Å². The smallest absolute Gasteiger partial charge is 0.427 e. The lowest BCUT2D eigenvalue weighted by Crippen LogP contribution is -2.48. The van der Waals surface area contributed by atoms with Crippen LogP contribution < -0.4 is 19.7 Å². The third kappa shape index (κ3) is 6.40. The zero-order valence-electron chi connectivity index (χ0n) is 20.2. The molecule has 2 aromatic rings. The minimum absolute atomic E-state index is 0.00338. The second-order valence-corrected chi connectivity index (χ2v) is 11.0. The fourth-order valence-corrected chi connectivity index (χ4v) is 5.19. The van der Waals surface area contributed by atoms with Crippen molar-refractivity contribution in [1.82, 2.24) is 5.32 Å². The molecule has 0 bridgehead atoms. The van der Waals surface area contributed by atoms with Crippen LogP contribution in [0.4, 0.5) is 29.3 Å². The maximum Gasteiger partial charge on any atom is 0.427 e. The number of nitrogens with one attached hydrogen (secondary N) is 2. The van der Waals surface area contributed by atoms with Crippen molar-refractivity contribution in [1.29, 1.82) is 5.26 Å². The number of anilines is 2. The number of halogens is 4. The normalized spacial score (nSPS) is 15.5. The van der Waals surface area contributed by atoms with Crippen molar-refractivity contribution in [3.63, 3.8) is 0 Å². The standard InChI is InChI=1S/C23H22ClF3N4O6S/c1-13(32)29-11-17-12-31(38(34,35)18-7-14(10-28)6-15(24)8-18)19-9-16(4-5-20(19)36-17)30-21(33)37-22(2,3)23(25,26)27/h4-9,17H,11-12H2,1-3H3,(H,29,32)(H,30,33)/t17-/m0/s1. The van der Waals surface area contributed by atoms with Gasteiger partial charge < -0.3 is 14.8 Å². The van der Waals surface area contributed by atoms with E-state index in [0.717, 1.165) is 16.4 Å². The second kappa shape index (κ2) is 10.6. The van der Waals surface area contributed by atoms with Crippen molar-refractivity contribution in [3.05, 3.63) is 47.0 Å². The predicted octanol–water partition coefficient (Wildman–Crippen LogP) is 4.19. The molecule has 2 aromatic carbocycles. The summed E-state index contributed by atoms with van der Waals surface area (Å²) in [5.41, 5.74) is -2.94. The fraction of sp³-hybridized carbons (Fsp3) is 0.348. The molecule has 204 valence electrons. The average Bonchev–Trinajstić information content (AvgIpc) is 2.80. The van der Waals surface area contributed by atoms with E-state index < -0.39 is 34.0 Å². The highest BCUT2D eigenvalue weighted by Gasteiger charge is 2.51. The molecule has 0 saturated carbocycles. The summed E-state index contributed by atoms with van der Waals surface area (Å²) in [6.07, 6.45) is -7.08. The molecule has 0 aromatic heterocycles. The zero-order chi connectivity index (χ0) is 28.5. The summed E-state index contributed by atoms with van der Waals surface area (Å²) < 4.78 is 77.8. The highest BCUT2D eigenvalue weighted by atomic mass is 35.5. The summed E-state index contributed by atoms with van der Waals surface area (Å²) in [7, 11) is -4.38. The summed E-state index contributed by atoms with van der Waals surface area (Å²) >= 11 is 6.01. The highest BCUT2D eigenvalue weighted by molar-refractivity contribution is 7.92. The maximum atomic E-state index is 13.7. The molecule has 1 atom stereocenters. The molecule has 0 fully saturated rings. The number of nitriles is 1. The minimum atomic E-state index is -4.83. The first-order chi connectivity index (χ1) is 17.5. The Morgan fingerprint density at radius 3 is 2.53 bits per heavy atom. The van der Waals surface area contributed by atoms with Gasteiger partial charge in [0.05, 0.1) is 35.3 Å². The molecule has 2 N–H and O–H groups in total. The number of carbonyl (C=O) groups is 2. The van der Waals surface area contributed by atoms with Crippen LogP contribution in [-0.4, -0.2) is 51.4 Å². The Balaban J connectivity index is 2.01. The summed E-state index contributed by atoms with van der Waals surface area (Å²) in [4.78, 5) is 23.2. The van der Waals surface area contributed by atoms with Gasteiger partial charge in [0.25, 0.3) is 10.0 Å². The summed E-state index contributed by atoms with van der Waals surface area (Å²) in [5.74, 6) is -0.325. The van der Waals surface area contributed by atoms with Crippen molar-refractivity contribution in [2.45, 2.75) is 43.5 Å². The van der Waals surface area contributed by atoms with Crippen LogP contribution in [0.5, 0.6) is 5.75 Å². The quantitative estimate of drug-likeness (QED) is 0.527. The number of fused-ring (bicyclic) bond motifs is 1. The lowest BCUT2D eigenvalue weighted by molar-refractivity contribution is -0.242. The van der Waals surface area contributed by atoms with Crippen LogP contribution in [-0.2, 0) is 19.6 Å². The first-order valence-corrected chi connectivity index (χ1v) is 12.7. The first kappa shape index (κ1) is 28.9. The van der Waals surface area contributed by atoms with Gasteiger partial charge in [-0.05, 0) is 50.2 Å². The number of hydrogen-bond acceptors (Lipinski definition) is 7. The van der Waals surface area contributed by atoms with Gasteiger partial charge in [-0.1, -0.05) is 11.6 Å². The molecule has 0 radical (unpaired) electrons. The molecular weight excluding hydrogens is 553 g/mol. The maximum absolute atomic E-state index is 13.7. The van der Waals surface area contributed by atoms with Crippen LogP contribution in [0.2, 0.25) is 5.02 Å². The molecule has 0 aliphatic carbocycles. The third-order valence-corrected chi connectivity index (χ3v) is 7.31. The van der Waals surface area contributed by atoms with E-state index in [0.29, 0.717) is 13.8 Å². The molecule has 15 heteroatoms. The average molecular weight is 575 g/mol. The number of benzene rings is 2. The SMILES string of the molecule is CC(=O)NC[C@H]1CN(S(=O)(=O)c2cc(Cl)cc(C#N)c2)c2cc(NC(=O)OC(C)(C)C(F)(F)F)ccc2O1. The zero-order valence-corrected chi connectivity index (χ0v) is 21.8. The summed E-state index contributed by atoms with van der Waals surface area (Å²) in [6.45, 7) is 2.30. The Labute approximate surface area is 221 Å². The van der Waals surface area contributed by atoms with Crippen LogP contribution in [0.25, 0.3) is 0 Å². The second-order valence-electron chi connectivity index (χ2n) is 8.71. The minimum Gasteiger partial charge on any atom is -0.484 e. The van der Waals surface area contributed by atoms with Crippen LogP contribution in [0, 0.1) is 11.3 Å². The van der Waals surface area contributed by atoms with E-state index in [-0.39, 0.29) is 51.6 Å². The summed E-state index contributed by atoms with van der Waals surface area (Å²) in [5, 5.41) is 13.9. The number of sulfonamides is 1. The molecule has 0 unspecified atom stereocenters. The van der Waals surface area contributed by atoms with Gasteiger partial charge in [0.1, 0.15) is 11.9 Å². The van der Waals surface area contributed by atoms with Gasteiger partial charge in [-0.15, -0.1) is 0 Å². The van der Waals surface area contributed by atoms with E-state index in [2.05, 4.69) is 15.4 Å². The number of ether oxygens (including phenoxy) is 2. The lowest BCUT2D eigenvalue weighted by atomic mass is 10.1. The van der Waals surface area contributed by atoms with Crippen molar-refractivity contribution in [2.24, 2.45) is 0 Å². The molecule has 1 heterocycles. The molecular formula is C23H22ClF3N4O6S. The molecule has 3 rings (SSSR count). The molecule has 1 aliphatic rings. The number of nitrogens with zero attached hydrogens (tertiary/aromatic N) is 2. The van der Waals surface area contributed by atoms with Gasteiger partial charge in [-0.2, -0.15) is 18.4 Å². The van der Waals surface area contributed by atoms with Gasteiger partial charge in [0.2, 0.25) is 11.5 Å². The summed E-state index contributed by atoms with van der Waals surface area (Å²) in [6, 6.07) is 9.14. The number of amides is 2. The van der Waals surface area contributed by atoms with Crippen molar-refractivity contribution < 1.29 is 40.7 Å². The Morgan fingerprint density at radius 1 is 1.24 bits per heavy atom. The van der Waals surface area contributed by atoms with Crippen LogP contribution in [0.3, 0.4) is 0 Å². The lowest BCUT2D eigenvalue weighted by Gasteiger charge is -2.36. The third-order valence-electron chi connectivity index (χ3n) is 5.33. The number of carbonyl (C=O) groups excluding carboxylic acids is 2. The van der Waals surface area contributed by atoms with E-state index in [9.17, 15) is 36.4 Å². The Kier molecular flexibility index (Phi) is 8.04. The molecule has 0 saturated heterocycles. The molecule has 0 spiro atoms. The van der Waals surface area contributed by atoms with Gasteiger partial charge in [0, 0.05) is 17.6 Å². The first-order valence-electron chi connectivity index (χ1n) is 10.9. The highest BCUT2D eigenvalue weighted by Crippen LogP contribution is 2.40. The molecule has 38 heavy (non-hydrogen) atoms. The van der Waals surface area contributed by atoms with Crippen LogP contribution in [0.1, 0.15) is 26.3 Å². The number of rotatable bonds is 6. The molecule has 2 amide bonds. The number of alkyl halides is 3. The van der Waals surface area contributed by atoms with E-state index >= 15 is 0 Å². The van der Waals surface area contributed by atoms with Gasteiger partial charge in [-0.25, -0.2) is 13.2 Å². The Hall–Kier alpha value is -3.70. The van der Waals surface area contributed by atoms with Crippen molar-refractivity contribution in [3.8, 4) is 11.8 Å². The van der Waals surface area contributed by atoms with Gasteiger partial charge >= 0.3 is 12.3 Å². The van der Waals surface area contributed by atoms with E-state index in [4.69, 9.17) is 16.3 Å². The monoisotopic (exact) mass is 574 g/mol. The largest absolute Gasteiger partial charge is 0.484 e. The van der Waals surface area contributed by atoms with Crippen LogP contribution >= 0.6 is 11.6 Å². The van der Waals surface area contributed by atoms with E-state index in [1.54, 1.807) is 0 Å². The fourth-order valence-electron chi connectivity index (χ4n) is 3.32. The van der Waals surface area contributed by atoms with Gasteiger partial charge in [0.15, 0.2) is 0 Å². The van der Waals surface area contributed by atoms with Crippen LogP contribution in [0.15, 0.2) is 41.3 Å². The predicted molar refractivity (Wildman–Crippen MR) is 130 cm³/mol. The molecule has 1 aliphatic heterocycles. The van der Waals surface area contributed by atoms with Gasteiger partial charge in [-0.3, -0.25) is 14.4 Å². The van der Waals surface area contributed by atoms with E-state index in [1.165, 1.54) is 31.2 Å². The number of hydrogen-bond donors (Lipinski definition) is 2. The molecule has 10 nitrogen and oxygen atoms in total.